The summed E-state index contributed by atoms with van der Waals surface area (Å²) in [4.78, 5) is 19.3. The zero-order chi connectivity index (χ0) is 18.4. The minimum absolute atomic E-state index is 0.0148. The van der Waals surface area contributed by atoms with Gasteiger partial charge in [-0.3, -0.25) is 9.69 Å². The molecule has 0 fully saturated rings. The van der Waals surface area contributed by atoms with Crippen LogP contribution < -0.4 is 5.32 Å². The number of thiophene rings is 1. The Morgan fingerprint density at radius 1 is 1.23 bits per heavy atom. The number of benzene rings is 1. The maximum Gasteiger partial charge on any atom is 0.238 e. The van der Waals surface area contributed by atoms with Crippen LogP contribution >= 0.6 is 22.7 Å². The van der Waals surface area contributed by atoms with Gasteiger partial charge in [-0.25, -0.2) is 4.98 Å². The monoisotopic (exact) mass is 385 g/mol. The Hall–Kier alpha value is -2.02. The van der Waals surface area contributed by atoms with Crippen molar-refractivity contribution in [3.8, 4) is 10.6 Å². The Bertz CT molecular complexity index is 842. The van der Waals surface area contributed by atoms with E-state index >= 15 is 0 Å². The second-order valence-corrected chi connectivity index (χ2v) is 7.87. The van der Waals surface area contributed by atoms with Crippen molar-refractivity contribution in [3.05, 3.63) is 57.7 Å². The molecule has 136 valence electrons. The van der Waals surface area contributed by atoms with Crippen molar-refractivity contribution in [3.63, 3.8) is 0 Å². The highest BCUT2D eigenvalue weighted by molar-refractivity contribution is 7.14. The molecule has 0 spiro atoms. The van der Waals surface area contributed by atoms with Crippen molar-refractivity contribution in [1.29, 1.82) is 0 Å². The molecule has 26 heavy (non-hydrogen) atoms. The van der Waals surface area contributed by atoms with Gasteiger partial charge in [0, 0.05) is 28.6 Å². The van der Waals surface area contributed by atoms with Crippen molar-refractivity contribution < 1.29 is 4.79 Å². The van der Waals surface area contributed by atoms with Gasteiger partial charge in [0.25, 0.3) is 0 Å². The Kier molecular flexibility index (Phi) is 6.55. The number of rotatable bonds is 8. The van der Waals surface area contributed by atoms with Crippen molar-refractivity contribution in [2.45, 2.75) is 26.8 Å². The molecule has 4 nitrogen and oxygen atoms in total. The van der Waals surface area contributed by atoms with E-state index in [1.54, 1.807) is 22.7 Å². The summed E-state index contributed by atoms with van der Waals surface area (Å²) in [6.07, 6.45) is 0.999. The van der Waals surface area contributed by atoms with Crippen LogP contribution in [0.3, 0.4) is 0 Å². The highest BCUT2D eigenvalue weighted by Crippen LogP contribution is 2.26. The normalized spacial score (nSPS) is 11.0. The number of nitrogens with one attached hydrogen (secondary N) is 1. The van der Waals surface area contributed by atoms with Crippen LogP contribution in [0.4, 0.5) is 5.69 Å². The van der Waals surface area contributed by atoms with Crippen molar-refractivity contribution in [2.24, 2.45) is 0 Å². The van der Waals surface area contributed by atoms with Gasteiger partial charge in [-0.05, 0) is 43.0 Å². The number of hydrogen-bond donors (Lipinski definition) is 1. The van der Waals surface area contributed by atoms with E-state index < -0.39 is 0 Å². The first-order valence-electron chi connectivity index (χ1n) is 8.70. The number of amides is 1. The minimum atomic E-state index is 0.0148. The molecule has 3 aromatic rings. The van der Waals surface area contributed by atoms with E-state index in [0.717, 1.165) is 34.9 Å². The van der Waals surface area contributed by atoms with Crippen LogP contribution in [0.2, 0.25) is 0 Å². The van der Waals surface area contributed by atoms with E-state index in [2.05, 4.69) is 39.3 Å². The topological polar surface area (TPSA) is 45.2 Å². The molecule has 0 saturated heterocycles. The molecule has 1 aromatic carbocycles. The van der Waals surface area contributed by atoms with E-state index in [1.165, 1.54) is 5.56 Å². The summed E-state index contributed by atoms with van der Waals surface area (Å²) in [6, 6.07) is 9.94. The van der Waals surface area contributed by atoms with Gasteiger partial charge in [0.2, 0.25) is 5.91 Å². The molecule has 0 saturated carbocycles. The van der Waals surface area contributed by atoms with E-state index in [-0.39, 0.29) is 5.91 Å². The Labute approximate surface area is 162 Å². The van der Waals surface area contributed by atoms with Crippen LogP contribution in [0.1, 0.15) is 24.6 Å². The number of para-hydroxylation sites is 1. The number of nitrogens with zero attached hydrogens (tertiary/aromatic N) is 2. The van der Waals surface area contributed by atoms with Gasteiger partial charge in [0.1, 0.15) is 5.01 Å². The van der Waals surface area contributed by atoms with Crippen LogP contribution in [0.15, 0.2) is 46.5 Å². The number of hydrogen-bond acceptors (Lipinski definition) is 5. The molecular formula is C20H23N3OS2. The minimum Gasteiger partial charge on any atom is -0.325 e. The highest BCUT2D eigenvalue weighted by Gasteiger charge is 2.14. The van der Waals surface area contributed by atoms with Crippen LogP contribution in [-0.2, 0) is 11.3 Å². The van der Waals surface area contributed by atoms with Gasteiger partial charge in [0.15, 0.2) is 0 Å². The molecule has 6 heteroatoms. The van der Waals surface area contributed by atoms with Crippen molar-refractivity contribution >= 4 is 34.3 Å². The predicted molar refractivity (Wildman–Crippen MR) is 111 cm³/mol. The lowest BCUT2D eigenvalue weighted by atomic mass is 10.2. The molecule has 0 aliphatic rings. The first kappa shape index (κ1) is 18.8. The molecule has 0 atom stereocenters. The number of aromatic nitrogens is 1. The molecule has 0 aliphatic heterocycles. The molecule has 3 rings (SSSR count). The van der Waals surface area contributed by atoms with E-state index in [0.29, 0.717) is 13.1 Å². The van der Waals surface area contributed by atoms with Crippen molar-refractivity contribution in [2.75, 3.05) is 18.4 Å². The fraction of sp³-hybridized carbons (Fsp3) is 0.300. The van der Waals surface area contributed by atoms with Gasteiger partial charge in [0.05, 0.1) is 12.2 Å². The van der Waals surface area contributed by atoms with Crippen LogP contribution in [0.25, 0.3) is 10.6 Å². The fourth-order valence-electron chi connectivity index (χ4n) is 2.76. The van der Waals surface area contributed by atoms with E-state index in [9.17, 15) is 4.79 Å². The number of anilines is 1. The first-order chi connectivity index (χ1) is 12.7. The maximum absolute atomic E-state index is 12.5. The molecule has 0 unspecified atom stereocenters. The highest BCUT2D eigenvalue weighted by atomic mass is 32.1. The van der Waals surface area contributed by atoms with E-state index in [4.69, 9.17) is 4.98 Å². The Morgan fingerprint density at radius 3 is 2.81 bits per heavy atom. The molecule has 1 N–H and O–H groups in total. The van der Waals surface area contributed by atoms with E-state index in [1.807, 2.05) is 31.2 Å². The van der Waals surface area contributed by atoms with Crippen LogP contribution in [0.5, 0.6) is 0 Å². The lowest BCUT2D eigenvalue weighted by Gasteiger charge is -2.20. The summed E-state index contributed by atoms with van der Waals surface area (Å²) in [5, 5.41) is 10.3. The van der Waals surface area contributed by atoms with Crippen molar-refractivity contribution in [1.82, 2.24) is 9.88 Å². The summed E-state index contributed by atoms with van der Waals surface area (Å²) >= 11 is 3.34. The third kappa shape index (κ3) is 5.00. The summed E-state index contributed by atoms with van der Waals surface area (Å²) < 4.78 is 0. The average Bonchev–Trinajstić information content (AvgIpc) is 3.28. The summed E-state index contributed by atoms with van der Waals surface area (Å²) in [5.74, 6) is 0.0148. The quantitative estimate of drug-likeness (QED) is 0.591. The zero-order valence-corrected chi connectivity index (χ0v) is 16.7. The largest absolute Gasteiger partial charge is 0.325 e. The van der Waals surface area contributed by atoms with Crippen LogP contribution in [0, 0.1) is 6.92 Å². The molecule has 2 aromatic heterocycles. The number of carbonyl (C=O) groups excluding carboxylic acids is 1. The second-order valence-electron chi connectivity index (χ2n) is 6.23. The zero-order valence-electron chi connectivity index (χ0n) is 15.1. The second kappa shape index (κ2) is 9.07. The molecule has 1 amide bonds. The number of thiazole rings is 1. The summed E-state index contributed by atoms with van der Waals surface area (Å²) in [7, 11) is 0. The average molecular weight is 386 g/mol. The van der Waals surface area contributed by atoms with Crippen LogP contribution in [-0.4, -0.2) is 28.9 Å². The molecule has 0 bridgehead atoms. The molecule has 0 aliphatic carbocycles. The molecular weight excluding hydrogens is 362 g/mol. The first-order valence-corrected chi connectivity index (χ1v) is 10.5. The fourth-order valence-corrected chi connectivity index (χ4v) is 4.29. The number of carbonyl (C=O) groups is 1. The van der Waals surface area contributed by atoms with Gasteiger partial charge >= 0.3 is 0 Å². The SMILES string of the molecule is CCCN(CC(=O)Nc1ccccc1C)Cc1csc(-c2ccsc2)n1. The third-order valence-corrected chi connectivity index (χ3v) is 5.66. The summed E-state index contributed by atoms with van der Waals surface area (Å²) in [5.41, 5.74) is 4.14. The predicted octanol–water partition coefficient (Wildman–Crippen LogP) is 5.03. The van der Waals surface area contributed by atoms with Gasteiger partial charge < -0.3 is 5.32 Å². The smallest absolute Gasteiger partial charge is 0.238 e. The molecule has 0 radical (unpaired) electrons. The Balaban J connectivity index is 1.62. The van der Waals surface area contributed by atoms with Gasteiger partial charge in [-0.1, -0.05) is 25.1 Å². The van der Waals surface area contributed by atoms with Gasteiger partial charge in [-0.15, -0.1) is 11.3 Å². The number of aryl methyl sites for hydroxylation is 1. The molecule has 2 heterocycles. The summed E-state index contributed by atoms with van der Waals surface area (Å²) in [6.45, 7) is 6.06. The van der Waals surface area contributed by atoms with Gasteiger partial charge in [-0.2, -0.15) is 11.3 Å². The standard InChI is InChI=1S/C20H23N3OS2/c1-3-9-23(12-19(24)22-18-7-5-4-6-15(18)2)11-17-14-26-20(21-17)16-8-10-25-13-16/h4-8,10,13-14H,3,9,11-12H2,1-2H3,(H,22,24). The third-order valence-electron chi connectivity index (χ3n) is 4.03. The lowest BCUT2D eigenvalue weighted by molar-refractivity contribution is -0.117. The Morgan fingerprint density at radius 2 is 2.08 bits per heavy atom. The maximum atomic E-state index is 12.5. The lowest BCUT2D eigenvalue weighted by Crippen LogP contribution is -2.33.